The predicted molar refractivity (Wildman–Crippen MR) is 70.9 cm³/mol. The van der Waals surface area contributed by atoms with Gasteiger partial charge in [-0.3, -0.25) is 4.57 Å². The van der Waals surface area contributed by atoms with E-state index in [9.17, 15) is 4.79 Å². The first-order chi connectivity index (χ1) is 9.20. The van der Waals surface area contributed by atoms with Crippen molar-refractivity contribution in [2.45, 2.75) is 5.92 Å². The predicted octanol–water partition coefficient (Wildman–Crippen LogP) is 0.945. The van der Waals surface area contributed by atoms with Crippen molar-refractivity contribution in [2.24, 2.45) is 12.8 Å². The number of nitrogens with zero attached hydrogens (tertiary/aromatic N) is 2. The molecule has 6 nitrogen and oxygen atoms in total. The molecule has 0 saturated carbocycles. The molecule has 0 saturated heterocycles. The summed E-state index contributed by atoms with van der Waals surface area (Å²) in [6.07, 6.45) is 3.47. The number of H-pyrrole nitrogens is 1. The lowest BCUT2D eigenvalue weighted by Gasteiger charge is -2.12. The summed E-state index contributed by atoms with van der Waals surface area (Å²) in [4.78, 5) is 18.8. The fourth-order valence-electron chi connectivity index (χ4n) is 2.23. The van der Waals surface area contributed by atoms with Gasteiger partial charge in [0.05, 0.1) is 11.4 Å². The second-order valence-corrected chi connectivity index (χ2v) is 4.42. The number of aryl methyl sites for hydroxylation is 1. The number of nitrogens with two attached hydrogens (primary N) is 1. The Kier molecular flexibility index (Phi) is 2.72. The lowest BCUT2D eigenvalue weighted by molar-refractivity contribution is 0.528. The van der Waals surface area contributed by atoms with Crippen LogP contribution < -0.4 is 11.5 Å². The van der Waals surface area contributed by atoms with Crippen LogP contribution in [0.25, 0.3) is 11.1 Å². The first-order valence-electron chi connectivity index (χ1n) is 5.99. The van der Waals surface area contributed by atoms with Gasteiger partial charge in [0, 0.05) is 26.0 Å². The Morgan fingerprint density at radius 2 is 2.37 bits per heavy atom. The van der Waals surface area contributed by atoms with Crippen LogP contribution in [0.1, 0.15) is 17.3 Å². The Morgan fingerprint density at radius 1 is 1.53 bits per heavy atom. The number of aromatic nitrogens is 3. The maximum absolute atomic E-state index is 11.5. The van der Waals surface area contributed by atoms with Gasteiger partial charge in [0.2, 0.25) is 0 Å². The molecule has 0 amide bonds. The first-order valence-corrected chi connectivity index (χ1v) is 5.99. The van der Waals surface area contributed by atoms with Crippen LogP contribution in [0.2, 0.25) is 0 Å². The highest BCUT2D eigenvalue weighted by molar-refractivity contribution is 5.74. The number of hydrogen-bond donors (Lipinski definition) is 2. The summed E-state index contributed by atoms with van der Waals surface area (Å²) in [6, 6.07) is 5.61. The van der Waals surface area contributed by atoms with Crippen molar-refractivity contribution in [1.29, 1.82) is 0 Å². The van der Waals surface area contributed by atoms with E-state index in [4.69, 9.17) is 10.2 Å². The fraction of sp³-hybridized carbons (Fsp3) is 0.231. The SMILES string of the molecule is Cn1c(=O)oc2ccc(C(CN)c3ncc[nH]3)cc21. The van der Waals surface area contributed by atoms with Gasteiger partial charge < -0.3 is 15.1 Å². The molecule has 3 N–H and O–H groups in total. The second-order valence-electron chi connectivity index (χ2n) is 4.42. The number of fused-ring (bicyclic) bond motifs is 1. The van der Waals surface area contributed by atoms with Crippen molar-refractivity contribution in [3.8, 4) is 0 Å². The summed E-state index contributed by atoms with van der Waals surface area (Å²) >= 11 is 0. The average Bonchev–Trinajstić information content (AvgIpc) is 3.02. The summed E-state index contributed by atoms with van der Waals surface area (Å²) < 4.78 is 6.59. The minimum absolute atomic E-state index is 0.0237. The molecule has 0 bridgehead atoms. The molecule has 1 atom stereocenters. The smallest absolute Gasteiger partial charge is 0.408 e. The lowest BCUT2D eigenvalue weighted by Crippen LogP contribution is -2.15. The molecule has 3 rings (SSSR count). The van der Waals surface area contributed by atoms with Crippen LogP contribution in [-0.4, -0.2) is 21.1 Å². The quantitative estimate of drug-likeness (QED) is 0.731. The monoisotopic (exact) mass is 258 g/mol. The summed E-state index contributed by atoms with van der Waals surface area (Å²) in [5.74, 6) is 0.425. The molecule has 98 valence electrons. The number of rotatable bonds is 3. The number of benzene rings is 1. The van der Waals surface area contributed by atoms with Gasteiger partial charge in [-0.1, -0.05) is 6.07 Å². The minimum Gasteiger partial charge on any atom is -0.408 e. The molecule has 1 unspecified atom stereocenters. The number of nitrogens with one attached hydrogen (secondary N) is 1. The van der Waals surface area contributed by atoms with E-state index in [1.165, 1.54) is 4.57 Å². The molecule has 0 aliphatic carbocycles. The molecule has 0 fully saturated rings. The van der Waals surface area contributed by atoms with E-state index >= 15 is 0 Å². The van der Waals surface area contributed by atoms with E-state index in [2.05, 4.69) is 9.97 Å². The Bertz CT molecular complexity index is 755. The third-order valence-electron chi connectivity index (χ3n) is 3.30. The third-order valence-corrected chi connectivity index (χ3v) is 3.30. The number of oxazole rings is 1. The second kappa shape index (κ2) is 4.40. The Balaban J connectivity index is 2.14. The fourth-order valence-corrected chi connectivity index (χ4v) is 2.23. The Morgan fingerprint density at radius 3 is 3.05 bits per heavy atom. The molecule has 3 aromatic rings. The Labute approximate surface area is 108 Å². The van der Waals surface area contributed by atoms with Crippen molar-refractivity contribution >= 4 is 11.1 Å². The van der Waals surface area contributed by atoms with Crippen molar-refractivity contribution in [3.63, 3.8) is 0 Å². The van der Waals surface area contributed by atoms with Crippen LogP contribution >= 0.6 is 0 Å². The normalized spacial score (nSPS) is 12.9. The topological polar surface area (TPSA) is 89.8 Å². The van der Waals surface area contributed by atoms with E-state index in [0.29, 0.717) is 12.1 Å². The van der Waals surface area contributed by atoms with Crippen LogP contribution in [-0.2, 0) is 7.05 Å². The van der Waals surface area contributed by atoms with E-state index in [1.807, 2.05) is 12.1 Å². The van der Waals surface area contributed by atoms with Gasteiger partial charge in [-0.05, 0) is 17.7 Å². The van der Waals surface area contributed by atoms with Crippen LogP contribution in [0.15, 0.2) is 39.8 Å². The zero-order valence-electron chi connectivity index (χ0n) is 10.5. The zero-order chi connectivity index (χ0) is 13.4. The van der Waals surface area contributed by atoms with Crippen molar-refractivity contribution in [2.75, 3.05) is 6.54 Å². The van der Waals surface area contributed by atoms with Gasteiger partial charge in [-0.2, -0.15) is 0 Å². The molecular weight excluding hydrogens is 244 g/mol. The molecule has 0 spiro atoms. The van der Waals surface area contributed by atoms with Crippen molar-refractivity contribution in [3.05, 3.63) is 52.5 Å². The molecule has 0 radical (unpaired) electrons. The van der Waals surface area contributed by atoms with Crippen LogP contribution in [0.4, 0.5) is 0 Å². The largest absolute Gasteiger partial charge is 0.419 e. The molecule has 19 heavy (non-hydrogen) atoms. The van der Waals surface area contributed by atoms with Gasteiger partial charge in [-0.15, -0.1) is 0 Å². The molecule has 1 aromatic carbocycles. The zero-order valence-corrected chi connectivity index (χ0v) is 10.5. The van der Waals surface area contributed by atoms with Gasteiger partial charge >= 0.3 is 5.76 Å². The van der Waals surface area contributed by atoms with Crippen molar-refractivity contribution < 1.29 is 4.42 Å². The van der Waals surface area contributed by atoms with Crippen LogP contribution in [0.3, 0.4) is 0 Å². The molecular formula is C13H14N4O2. The highest BCUT2D eigenvalue weighted by atomic mass is 16.4. The van der Waals surface area contributed by atoms with E-state index in [1.54, 1.807) is 25.5 Å². The molecule has 2 heterocycles. The summed E-state index contributed by atoms with van der Waals surface area (Å²) in [5, 5.41) is 0. The number of aromatic amines is 1. The third kappa shape index (κ3) is 1.86. The highest BCUT2D eigenvalue weighted by Gasteiger charge is 2.16. The molecule has 0 aliphatic rings. The standard InChI is InChI=1S/C13H14N4O2/c1-17-10-6-8(2-3-11(10)19-13(17)18)9(7-14)12-15-4-5-16-12/h2-6,9H,7,14H2,1H3,(H,15,16). The first kappa shape index (κ1) is 11.7. The van der Waals surface area contributed by atoms with Gasteiger partial charge in [0.15, 0.2) is 5.58 Å². The van der Waals surface area contributed by atoms with Gasteiger partial charge in [-0.25, -0.2) is 9.78 Å². The highest BCUT2D eigenvalue weighted by Crippen LogP contribution is 2.24. The molecule has 2 aromatic heterocycles. The molecule has 0 aliphatic heterocycles. The average molecular weight is 258 g/mol. The van der Waals surface area contributed by atoms with E-state index in [-0.39, 0.29) is 11.7 Å². The van der Waals surface area contributed by atoms with Crippen molar-refractivity contribution in [1.82, 2.24) is 14.5 Å². The van der Waals surface area contributed by atoms with E-state index < -0.39 is 0 Å². The van der Waals surface area contributed by atoms with E-state index in [0.717, 1.165) is 16.9 Å². The summed E-state index contributed by atoms with van der Waals surface area (Å²) in [5.41, 5.74) is 8.16. The van der Waals surface area contributed by atoms with Crippen LogP contribution in [0, 0.1) is 0 Å². The van der Waals surface area contributed by atoms with Crippen LogP contribution in [0.5, 0.6) is 0 Å². The van der Waals surface area contributed by atoms with Gasteiger partial charge in [0.25, 0.3) is 0 Å². The van der Waals surface area contributed by atoms with Gasteiger partial charge in [0.1, 0.15) is 5.82 Å². The minimum atomic E-state index is -0.366. The summed E-state index contributed by atoms with van der Waals surface area (Å²) in [6.45, 7) is 0.435. The number of hydrogen-bond acceptors (Lipinski definition) is 4. The molecule has 6 heteroatoms. The lowest BCUT2D eigenvalue weighted by atomic mass is 9.98. The maximum Gasteiger partial charge on any atom is 0.419 e. The summed E-state index contributed by atoms with van der Waals surface area (Å²) in [7, 11) is 1.68. The Hall–Kier alpha value is -2.34. The number of imidazole rings is 1. The maximum atomic E-state index is 11.5.